The van der Waals surface area contributed by atoms with Gasteiger partial charge in [-0.2, -0.15) is 0 Å². The summed E-state index contributed by atoms with van der Waals surface area (Å²) >= 11 is 0. The fourth-order valence-electron chi connectivity index (χ4n) is 2.32. The van der Waals surface area contributed by atoms with Gasteiger partial charge in [-0.15, -0.1) is 0 Å². The molecular weight excluding hydrogens is 212 g/mol. The van der Waals surface area contributed by atoms with Crippen LogP contribution in [0.4, 0.5) is 0 Å². The summed E-state index contributed by atoms with van der Waals surface area (Å²) in [4.78, 5) is 2.50. The van der Waals surface area contributed by atoms with Crippen LogP contribution >= 0.6 is 0 Å². The van der Waals surface area contributed by atoms with E-state index < -0.39 is 0 Å². The van der Waals surface area contributed by atoms with Gasteiger partial charge in [0.25, 0.3) is 0 Å². The lowest BCUT2D eigenvalue weighted by Crippen LogP contribution is -2.37. The third-order valence-corrected chi connectivity index (χ3v) is 3.49. The lowest BCUT2D eigenvalue weighted by Gasteiger charge is -2.23. The number of ether oxygens (including phenoxy) is 1. The van der Waals surface area contributed by atoms with E-state index in [4.69, 9.17) is 4.74 Å². The molecular formula is C14H30N2O. The molecule has 1 fully saturated rings. The number of hydrogen-bond acceptors (Lipinski definition) is 3. The average molecular weight is 242 g/mol. The van der Waals surface area contributed by atoms with Crippen LogP contribution in [-0.2, 0) is 4.74 Å². The summed E-state index contributed by atoms with van der Waals surface area (Å²) in [6.45, 7) is 11.2. The zero-order chi connectivity index (χ0) is 12.3. The zero-order valence-corrected chi connectivity index (χ0v) is 11.7. The van der Waals surface area contributed by atoms with Crippen LogP contribution in [0.5, 0.6) is 0 Å². The van der Waals surface area contributed by atoms with E-state index in [0.717, 1.165) is 32.8 Å². The Bertz CT molecular complexity index is 170. The van der Waals surface area contributed by atoms with Gasteiger partial charge in [-0.1, -0.05) is 26.7 Å². The first-order chi connectivity index (χ1) is 8.36. The van der Waals surface area contributed by atoms with E-state index in [2.05, 4.69) is 24.1 Å². The van der Waals surface area contributed by atoms with Crippen molar-refractivity contribution in [3.05, 3.63) is 0 Å². The molecule has 1 saturated heterocycles. The SMILES string of the molecule is CCCCCNCCN(CC)CC1CCCO1. The number of nitrogens with one attached hydrogen (secondary N) is 1. The van der Waals surface area contributed by atoms with E-state index in [-0.39, 0.29) is 0 Å². The predicted molar refractivity (Wildman–Crippen MR) is 73.5 cm³/mol. The van der Waals surface area contributed by atoms with Crippen molar-refractivity contribution >= 4 is 0 Å². The quantitative estimate of drug-likeness (QED) is 0.595. The van der Waals surface area contributed by atoms with Crippen LogP contribution in [0.25, 0.3) is 0 Å². The second kappa shape index (κ2) is 9.86. The largest absolute Gasteiger partial charge is 0.377 e. The molecule has 102 valence electrons. The minimum Gasteiger partial charge on any atom is -0.377 e. The molecule has 3 nitrogen and oxygen atoms in total. The Balaban J connectivity index is 1.97. The summed E-state index contributed by atoms with van der Waals surface area (Å²) in [5.74, 6) is 0. The number of nitrogens with zero attached hydrogens (tertiary/aromatic N) is 1. The van der Waals surface area contributed by atoms with Gasteiger partial charge < -0.3 is 10.1 Å². The summed E-state index contributed by atoms with van der Waals surface area (Å²) in [5, 5.41) is 3.53. The van der Waals surface area contributed by atoms with Gasteiger partial charge in [-0.05, 0) is 32.4 Å². The van der Waals surface area contributed by atoms with Gasteiger partial charge in [-0.3, -0.25) is 4.90 Å². The first-order valence-corrected chi connectivity index (χ1v) is 7.41. The highest BCUT2D eigenvalue weighted by atomic mass is 16.5. The van der Waals surface area contributed by atoms with E-state index in [1.165, 1.54) is 38.6 Å². The smallest absolute Gasteiger partial charge is 0.0702 e. The third kappa shape index (κ3) is 7.02. The molecule has 0 spiro atoms. The van der Waals surface area contributed by atoms with Crippen LogP contribution in [0.15, 0.2) is 0 Å². The van der Waals surface area contributed by atoms with Gasteiger partial charge in [0.2, 0.25) is 0 Å². The summed E-state index contributed by atoms with van der Waals surface area (Å²) in [5.41, 5.74) is 0. The number of hydrogen-bond donors (Lipinski definition) is 1. The van der Waals surface area contributed by atoms with E-state index >= 15 is 0 Å². The van der Waals surface area contributed by atoms with Crippen LogP contribution in [0, 0.1) is 0 Å². The molecule has 0 aliphatic carbocycles. The van der Waals surface area contributed by atoms with Crippen molar-refractivity contribution in [2.75, 3.05) is 39.3 Å². The number of unbranched alkanes of at least 4 members (excludes halogenated alkanes) is 2. The van der Waals surface area contributed by atoms with E-state index in [9.17, 15) is 0 Å². The van der Waals surface area contributed by atoms with Crippen molar-refractivity contribution in [2.45, 2.75) is 52.1 Å². The molecule has 1 rings (SSSR count). The molecule has 0 aromatic carbocycles. The maximum Gasteiger partial charge on any atom is 0.0702 e. The Hall–Kier alpha value is -0.120. The molecule has 1 aliphatic rings. The maximum atomic E-state index is 5.68. The highest BCUT2D eigenvalue weighted by Gasteiger charge is 2.17. The van der Waals surface area contributed by atoms with Gasteiger partial charge in [0.1, 0.15) is 0 Å². The standard InChI is InChI=1S/C14H30N2O/c1-3-5-6-9-15-10-11-16(4-2)13-14-8-7-12-17-14/h14-15H,3-13H2,1-2H3. The molecule has 1 N–H and O–H groups in total. The van der Waals surface area contributed by atoms with Crippen molar-refractivity contribution in [1.29, 1.82) is 0 Å². The Morgan fingerprint density at radius 3 is 2.76 bits per heavy atom. The Morgan fingerprint density at radius 2 is 2.12 bits per heavy atom. The van der Waals surface area contributed by atoms with Crippen LogP contribution in [0.2, 0.25) is 0 Å². The van der Waals surface area contributed by atoms with Crippen molar-refractivity contribution in [2.24, 2.45) is 0 Å². The van der Waals surface area contributed by atoms with Crippen molar-refractivity contribution < 1.29 is 4.74 Å². The second-order valence-corrected chi connectivity index (χ2v) is 4.99. The van der Waals surface area contributed by atoms with Crippen LogP contribution in [0.3, 0.4) is 0 Å². The second-order valence-electron chi connectivity index (χ2n) is 4.99. The van der Waals surface area contributed by atoms with Gasteiger partial charge in [0.15, 0.2) is 0 Å². The predicted octanol–water partition coefficient (Wildman–Crippen LogP) is 2.27. The van der Waals surface area contributed by atoms with Gasteiger partial charge in [-0.25, -0.2) is 0 Å². The molecule has 0 amide bonds. The zero-order valence-electron chi connectivity index (χ0n) is 11.7. The summed E-state index contributed by atoms with van der Waals surface area (Å²) < 4.78 is 5.68. The highest BCUT2D eigenvalue weighted by molar-refractivity contribution is 4.70. The summed E-state index contributed by atoms with van der Waals surface area (Å²) in [6, 6.07) is 0. The maximum absolute atomic E-state index is 5.68. The minimum atomic E-state index is 0.495. The molecule has 1 heterocycles. The van der Waals surface area contributed by atoms with Crippen molar-refractivity contribution in [3.63, 3.8) is 0 Å². The first-order valence-electron chi connectivity index (χ1n) is 7.41. The molecule has 1 atom stereocenters. The van der Waals surface area contributed by atoms with Crippen LogP contribution in [-0.4, -0.2) is 50.3 Å². The average Bonchev–Trinajstić information content (AvgIpc) is 2.85. The van der Waals surface area contributed by atoms with Crippen molar-refractivity contribution in [3.8, 4) is 0 Å². The highest BCUT2D eigenvalue weighted by Crippen LogP contribution is 2.12. The molecule has 3 heteroatoms. The monoisotopic (exact) mass is 242 g/mol. The summed E-state index contributed by atoms with van der Waals surface area (Å²) in [6.07, 6.45) is 6.96. The third-order valence-electron chi connectivity index (χ3n) is 3.49. The number of rotatable bonds is 10. The molecule has 0 aromatic heterocycles. The van der Waals surface area contributed by atoms with Crippen molar-refractivity contribution in [1.82, 2.24) is 10.2 Å². The molecule has 1 unspecified atom stereocenters. The van der Waals surface area contributed by atoms with E-state index in [1.807, 2.05) is 0 Å². The van der Waals surface area contributed by atoms with E-state index in [1.54, 1.807) is 0 Å². The lowest BCUT2D eigenvalue weighted by molar-refractivity contribution is 0.0751. The Kier molecular flexibility index (Phi) is 8.67. The molecule has 0 saturated carbocycles. The first kappa shape index (κ1) is 14.9. The Morgan fingerprint density at radius 1 is 1.24 bits per heavy atom. The lowest BCUT2D eigenvalue weighted by atomic mass is 10.2. The fourth-order valence-corrected chi connectivity index (χ4v) is 2.32. The topological polar surface area (TPSA) is 24.5 Å². The molecule has 0 aromatic rings. The molecule has 0 bridgehead atoms. The molecule has 1 aliphatic heterocycles. The van der Waals surface area contributed by atoms with Gasteiger partial charge in [0, 0.05) is 26.2 Å². The molecule has 17 heavy (non-hydrogen) atoms. The summed E-state index contributed by atoms with van der Waals surface area (Å²) in [7, 11) is 0. The van der Waals surface area contributed by atoms with Gasteiger partial charge >= 0.3 is 0 Å². The minimum absolute atomic E-state index is 0.495. The number of likely N-dealkylation sites (N-methyl/N-ethyl adjacent to an activating group) is 1. The van der Waals surface area contributed by atoms with Crippen LogP contribution in [0.1, 0.15) is 46.0 Å². The van der Waals surface area contributed by atoms with Gasteiger partial charge in [0.05, 0.1) is 6.10 Å². The molecule has 0 radical (unpaired) electrons. The fraction of sp³-hybridized carbons (Fsp3) is 1.00. The Labute approximate surface area is 107 Å². The van der Waals surface area contributed by atoms with Crippen LogP contribution < -0.4 is 5.32 Å². The van der Waals surface area contributed by atoms with E-state index in [0.29, 0.717) is 6.10 Å². The normalized spacial score (nSPS) is 20.3.